The van der Waals surface area contributed by atoms with E-state index in [1.807, 2.05) is 18.2 Å². The highest BCUT2D eigenvalue weighted by Crippen LogP contribution is 2.26. The lowest BCUT2D eigenvalue weighted by Gasteiger charge is -2.25. The predicted octanol–water partition coefficient (Wildman–Crippen LogP) is 4.13. The molecule has 3 N–H and O–H groups in total. The lowest BCUT2D eigenvalue weighted by atomic mass is 9.93. The zero-order chi connectivity index (χ0) is 25.7. The van der Waals surface area contributed by atoms with Gasteiger partial charge in [0.25, 0.3) is 5.91 Å². The Morgan fingerprint density at radius 3 is 2.58 bits per heavy atom. The fraction of sp³-hybridized carbons (Fsp3) is 0.357. The first-order chi connectivity index (χ1) is 17.3. The molecule has 1 aromatic heterocycles. The van der Waals surface area contributed by atoms with Crippen LogP contribution in [0.2, 0.25) is 0 Å². The number of Topliss-reactive ketones (excluding diaryl/α,β-unsaturated/α-hetero) is 1. The number of aliphatic hydroxyl groups is 1. The van der Waals surface area contributed by atoms with Crippen LogP contribution in [-0.4, -0.2) is 35.5 Å². The minimum Gasteiger partial charge on any atom is -0.468 e. The van der Waals surface area contributed by atoms with Crippen molar-refractivity contribution in [2.75, 3.05) is 6.54 Å². The molecule has 1 amide bonds. The van der Waals surface area contributed by atoms with E-state index < -0.39 is 29.7 Å². The third kappa shape index (κ3) is 6.25. The summed E-state index contributed by atoms with van der Waals surface area (Å²) in [5, 5.41) is 16.9. The van der Waals surface area contributed by atoms with Crippen LogP contribution in [0.25, 0.3) is 0 Å². The van der Waals surface area contributed by atoms with Crippen molar-refractivity contribution in [2.45, 2.75) is 57.7 Å². The van der Waals surface area contributed by atoms with E-state index in [1.54, 1.807) is 0 Å². The number of aliphatic hydroxyl groups excluding tert-OH is 1. The Morgan fingerprint density at radius 2 is 1.83 bits per heavy atom. The molecule has 6 nitrogen and oxygen atoms in total. The predicted molar refractivity (Wildman–Crippen MR) is 131 cm³/mol. The fourth-order valence-corrected chi connectivity index (χ4v) is 4.57. The monoisotopic (exact) mass is 496 g/mol. The van der Waals surface area contributed by atoms with Gasteiger partial charge >= 0.3 is 0 Å². The number of aryl methyl sites for hydroxylation is 2. The van der Waals surface area contributed by atoms with E-state index in [1.165, 1.54) is 24.0 Å². The van der Waals surface area contributed by atoms with Gasteiger partial charge in [-0.15, -0.1) is 0 Å². The van der Waals surface area contributed by atoms with Crippen molar-refractivity contribution < 1.29 is 27.9 Å². The van der Waals surface area contributed by atoms with Crippen molar-refractivity contribution in [3.8, 4) is 0 Å². The minimum atomic E-state index is -1.08. The molecular formula is C28H30F2N2O4. The average Bonchev–Trinajstić information content (AvgIpc) is 3.29. The van der Waals surface area contributed by atoms with Gasteiger partial charge in [-0.25, -0.2) is 8.78 Å². The van der Waals surface area contributed by atoms with E-state index in [0.717, 1.165) is 18.1 Å². The Hall–Kier alpha value is -3.36. The van der Waals surface area contributed by atoms with Crippen LogP contribution in [0.5, 0.6) is 0 Å². The maximum Gasteiger partial charge on any atom is 0.255 e. The summed E-state index contributed by atoms with van der Waals surface area (Å²) in [6.45, 7) is 2.70. The molecule has 0 aliphatic heterocycles. The number of carbonyl (C=O) groups is 2. The number of nitrogens with one attached hydrogen (secondary N) is 2. The zero-order valence-corrected chi connectivity index (χ0v) is 20.2. The quantitative estimate of drug-likeness (QED) is 0.393. The number of benzene rings is 2. The van der Waals surface area contributed by atoms with Gasteiger partial charge in [0.2, 0.25) is 0 Å². The van der Waals surface area contributed by atoms with E-state index in [9.17, 15) is 23.5 Å². The molecule has 2 aromatic carbocycles. The maximum atomic E-state index is 13.8. The first-order valence-electron chi connectivity index (χ1n) is 12.2. The van der Waals surface area contributed by atoms with Crippen molar-refractivity contribution in [3.63, 3.8) is 0 Å². The molecule has 4 rings (SSSR count). The van der Waals surface area contributed by atoms with Gasteiger partial charge in [0.1, 0.15) is 23.7 Å². The van der Waals surface area contributed by atoms with Crippen molar-refractivity contribution in [1.82, 2.24) is 10.6 Å². The minimum absolute atomic E-state index is 0.0113. The SMILES string of the molecule is CCc1cccc(CNCC(O)C(Cc2cc(F)cc(F)c2)NC(=O)c2coc3c2C(=O)CCC3)c1. The lowest BCUT2D eigenvalue weighted by Crippen LogP contribution is -2.48. The largest absolute Gasteiger partial charge is 0.468 e. The van der Waals surface area contributed by atoms with E-state index in [-0.39, 0.29) is 35.4 Å². The van der Waals surface area contributed by atoms with Crippen LogP contribution in [-0.2, 0) is 25.8 Å². The number of hydrogen-bond donors (Lipinski definition) is 3. The summed E-state index contributed by atoms with van der Waals surface area (Å²) in [6.07, 6.45) is 2.66. The molecule has 0 spiro atoms. The molecule has 0 fully saturated rings. The van der Waals surface area contributed by atoms with E-state index in [0.29, 0.717) is 31.6 Å². The standard InChI is InChI=1S/C28H30F2N2O4/c1-2-17-5-3-6-18(9-17)14-31-15-25(34)23(12-19-10-20(29)13-21(30)11-19)32-28(35)22-16-36-26-8-4-7-24(33)27(22)26/h3,5-6,9-11,13,16,23,25,31,34H,2,4,7-8,12,14-15H2,1H3,(H,32,35). The van der Waals surface area contributed by atoms with Gasteiger partial charge in [0.05, 0.1) is 23.3 Å². The van der Waals surface area contributed by atoms with Gasteiger partial charge in [-0.05, 0) is 48.1 Å². The Kier molecular flexibility index (Phi) is 8.28. The number of rotatable bonds is 10. The summed E-state index contributed by atoms with van der Waals surface area (Å²) < 4.78 is 33.0. The molecular weight excluding hydrogens is 466 g/mol. The fourth-order valence-electron chi connectivity index (χ4n) is 4.57. The summed E-state index contributed by atoms with van der Waals surface area (Å²) in [6, 6.07) is 10.3. The van der Waals surface area contributed by atoms with Gasteiger partial charge < -0.3 is 20.2 Å². The number of amides is 1. The topological polar surface area (TPSA) is 91.6 Å². The summed E-state index contributed by atoms with van der Waals surface area (Å²) >= 11 is 0. The molecule has 0 bridgehead atoms. The summed E-state index contributed by atoms with van der Waals surface area (Å²) in [4.78, 5) is 25.5. The normalized spacial score (nSPS) is 14.8. The summed E-state index contributed by atoms with van der Waals surface area (Å²) in [5.41, 5.74) is 2.93. The first kappa shape index (κ1) is 25.7. The van der Waals surface area contributed by atoms with Gasteiger partial charge in [0, 0.05) is 32.0 Å². The second kappa shape index (κ2) is 11.6. The molecule has 190 valence electrons. The number of halogens is 2. The van der Waals surface area contributed by atoms with Crippen LogP contribution in [0.15, 0.2) is 53.1 Å². The van der Waals surface area contributed by atoms with E-state index in [4.69, 9.17) is 4.42 Å². The van der Waals surface area contributed by atoms with Gasteiger partial charge in [0.15, 0.2) is 5.78 Å². The lowest BCUT2D eigenvalue weighted by molar-refractivity contribution is 0.0823. The maximum absolute atomic E-state index is 13.8. The van der Waals surface area contributed by atoms with Crippen LogP contribution >= 0.6 is 0 Å². The molecule has 1 aliphatic rings. The molecule has 2 unspecified atom stereocenters. The Labute approximate surface area is 208 Å². The first-order valence-corrected chi connectivity index (χ1v) is 12.2. The van der Waals surface area contributed by atoms with Crippen LogP contribution in [0.4, 0.5) is 8.78 Å². The van der Waals surface area contributed by atoms with Crippen molar-refractivity contribution >= 4 is 11.7 Å². The van der Waals surface area contributed by atoms with Crippen LogP contribution in [0.3, 0.4) is 0 Å². The third-order valence-corrected chi connectivity index (χ3v) is 6.44. The highest BCUT2D eigenvalue weighted by Gasteiger charge is 2.30. The Morgan fingerprint density at radius 1 is 1.08 bits per heavy atom. The summed E-state index contributed by atoms with van der Waals surface area (Å²) in [7, 11) is 0. The molecule has 3 aromatic rings. The number of carbonyl (C=O) groups excluding carboxylic acids is 2. The number of fused-ring (bicyclic) bond motifs is 1. The number of ketones is 1. The van der Waals surface area contributed by atoms with E-state index >= 15 is 0 Å². The van der Waals surface area contributed by atoms with Crippen molar-refractivity contribution in [1.29, 1.82) is 0 Å². The van der Waals surface area contributed by atoms with Gasteiger partial charge in [-0.2, -0.15) is 0 Å². The third-order valence-electron chi connectivity index (χ3n) is 6.44. The molecule has 1 heterocycles. The summed E-state index contributed by atoms with van der Waals surface area (Å²) in [5.74, 6) is -1.74. The second-order valence-corrected chi connectivity index (χ2v) is 9.16. The molecule has 8 heteroatoms. The number of hydrogen-bond acceptors (Lipinski definition) is 5. The van der Waals surface area contributed by atoms with Crippen molar-refractivity contribution in [3.05, 3.63) is 93.9 Å². The number of furan rings is 1. The Balaban J connectivity index is 1.49. The second-order valence-electron chi connectivity index (χ2n) is 9.16. The molecule has 0 saturated heterocycles. The Bertz CT molecular complexity index is 1220. The van der Waals surface area contributed by atoms with E-state index in [2.05, 4.69) is 23.6 Å². The van der Waals surface area contributed by atoms with Crippen LogP contribution in [0.1, 0.15) is 62.9 Å². The van der Waals surface area contributed by atoms with Gasteiger partial charge in [-0.1, -0.05) is 31.2 Å². The smallest absolute Gasteiger partial charge is 0.255 e. The van der Waals surface area contributed by atoms with Crippen LogP contribution < -0.4 is 10.6 Å². The average molecular weight is 497 g/mol. The molecule has 36 heavy (non-hydrogen) atoms. The van der Waals surface area contributed by atoms with Crippen LogP contribution in [0, 0.1) is 11.6 Å². The molecule has 0 saturated carbocycles. The van der Waals surface area contributed by atoms with Gasteiger partial charge in [-0.3, -0.25) is 9.59 Å². The highest BCUT2D eigenvalue weighted by atomic mass is 19.1. The zero-order valence-electron chi connectivity index (χ0n) is 20.2. The molecule has 1 aliphatic carbocycles. The molecule has 2 atom stereocenters. The highest BCUT2D eigenvalue weighted by molar-refractivity contribution is 6.09. The van der Waals surface area contributed by atoms with Crippen molar-refractivity contribution in [2.24, 2.45) is 0 Å². The molecule has 0 radical (unpaired) electrons.